The zero-order valence-electron chi connectivity index (χ0n) is 42.4. The second kappa shape index (κ2) is 56.9. The van der Waals surface area contributed by atoms with Crippen molar-refractivity contribution < 1.29 is 4.79 Å². The van der Waals surface area contributed by atoms with Gasteiger partial charge in [-0.3, -0.25) is 4.79 Å². The van der Waals surface area contributed by atoms with Crippen LogP contribution in [0, 0.1) is 0 Å². The molecule has 0 aliphatic rings. The Morgan fingerprint density at radius 2 is 0.443 bits per heavy atom. The Balaban J connectivity index is 3.30. The summed E-state index contributed by atoms with van der Waals surface area (Å²) in [6.07, 6.45) is 83.9. The third kappa shape index (κ3) is 55.0. The fraction of sp³-hybridized carbons (Fsp3) is 0.883. The molecule has 61 heavy (non-hydrogen) atoms. The van der Waals surface area contributed by atoms with Crippen molar-refractivity contribution >= 4 is 6.29 Å². The Bertz CT molecular complexity index is 880. The highest BCUT2D eigenvalue weighted by Gasteiger charge is 2.00. The van der Waals surface area contributed by atoms with E-state index in [1.54, 1.807) is 0 Å². The highest BCUT2D eigenvalue weighted by Crippen LogP contribution is 2.18. The number of aldehydes is 1. The summed E-state index contributed by atoms with van der Waals surface area (Å²) in [6.45, 7) is 4.59. The molecule has 0 aromatic heterocycles. The molecule has 0 spiro atoms. The summed E-state index contributed by atoms with van der Waals surface area (Å²) in [4.78, 5) is 11.6. The van der Waals surface area contributed by atoms with Crippen molar-refractivity contribution in [2.24, 2.45) is 0 Å². The first-order valence-corrected chi connectivity index (χ1v) is 28.8. The molecule has 0 radical (unpaired) electrons. The van der Waals surface area contributed by atoms with Crippen LogP contribution in [0.5, 0.6) is 0 Å². The molecule has 0 rings (SSSR count). The Morgan fingerprint density at radius 3 is 0.672 bits per heavy atom. The summed E-state index contributed by atoms with van der Waals surface area (Å²) in [5.74, 6) is 0. The first-order valence-electron chi connectivity index (χ1n) is 28.8. The first-order chi connectivity index (χ1) is 30.3. The van der Waals surface area contributed by atoms with E-state index >= 15 is 0 Å². The van der Waals surface area contributed by atoms with Crippen molar-refractivity contribution in [2.75, 3.05) is 0 Å². The number of hydrogen-bond acceptors (Lipinski definition) is 1. The van der Waals surface area contributed by atoms with Gasteiger partial charge in [-0.05, 0) is 82.6 Å². The zero-order chi connectivity index (χ0) is 43.9. The summed E-state index contributed by atoms with van der Waals surface area (Å²) < 4.78 is 0. The molecule has 0 N–H and O–H groups in total. The van der Waals surface area contributed by atoms with Crippen molar-refractivity contribution in [1.82, 2.24) is 0 Å². The molecule has 0 atom stereocenters. The van der Waals surface area contributed by atoms with Gasteiger partial charge in [0, 0.05) is 0 Å². The van der Waals surface area contributed by atoms with Crippen LogP contribution in [-0.4, -0.2) is 6.29 Å². The van der Waals surface area contributed by atoms with Gasteiger partial charge in [0.2, 0.25) is 0 Å². The lowest BCUT2D eigenvalue weighted by atomic mass is 10.0. The minimum atomic E-state index is 0.998. The van der Waals surface area contributed by atoms with E-state index < -0.39 is 0 Å². The van der Waals surface area contributed by atoms with Gasteiger partial charge in [0.05, 0.1) is 0 Å². The van der Waals surface area contributed by atoms with Gasteiger partial charge in [0.15, 0.2) is 0 Å². The second-order valence-corrected chi connectivity index (χ2v) is 19.7. The quantitative estimate of drug-likeness (QED) is 0.0258. The van der Waals surface area contributed by atoms with E-state index in [0.29, 0.717) is 0 Å². The number of allylic oxidation sites excluding steroid dienone is 6. The zero-order valence-corrected chi connectivity index (χ0v) is 42.4. The van der Waals surface area contributed by atoms with Gasteiger partial charge < -0.3 is 0 Å². The van der Waals surface area contributed by atoms with Gasteiger partial charge in [-0.25, -0.2) is 0 Å². The third-order valence-electron chi connectivity index (χ3n) is 13.5. The average molecular weight is 852 g/mol. The lowest BCUT2D eigenvalue weighted by Gasteiger charge is -2.04. The third-order valence-corrected chi connectivity index (χ3v) is 13.5. The molecule has 0 fully saturated rings. The molecule has 0 saturated heterocycles. The topological polar surface area (TPSA) is 17.1 Å². The molecule has 0 aliphatic carbocycles. The first kappa shape index (κ1) is 59.9. The predicted molar refractivity (Wildman–Crippen MR) is 279 cm³/mol. The Hall–Kier alpha value is -1.11. The van der Waals surface area contributed by atoms with E-state index in [1.165, 1.54) is 315 Å². The van der Waals surface area contributed by atoms with Crippen LogP contribution in [0.2, 0.25) is 0 Å². The SMILES string of the molecule is CCCCCCCC/C=C\CCCCCCCCCCCCCCCCCCC/C=C(/C=O)CCCCCCCCCCCCCCCCCC/C=C\CCCCCCCC. The summed E-state index contributed by atoms with van der Waals surface area (Å²) in [7, 11) is 0. The van der Waals surface area contributed by atoms with Crippen LogP contribution in [0.25, 0.3) is 0 Å². The van der Waals surface area contributed by atoms with Crippen LogP contribution in [0.1, 0.15) is 341 Å². The maximum Gasteiger partial charge on any atom is 0.145 e. The fourth-order valence-electron chi connectivity index (χ4n) is 9.18. The van der Waals surface area contributed by atoms with Crippen molar-refractivity contribution in [3.8, 4) is 0 Å². The van der Waals surface area contributed by atoms with Gasteiger partial charge in [0.1, 0.15) is 6.29 Å². The number of carbonyl (C=O) groups excluding carboxylic acids is 1. The molecule has 0 heterocycles. The Kier molecular flexibility index (Phi) is 55.9. The van der Waals surface area contributed by atoms with Crippen molar-refractivity contribution in [3.05, 3.63) is 36.0 Å². The Labute approximate surface area is 386 Å². The van der Waals surface area contributed by atoms with E-state index in [4.69, 9.17) is 0 Å². The lowest BCUT2D eigenvalue weighted by molar-refractivity contribution is -0.105. The molecular weight excluding hydrogens is 737 g/mol. The number of unbranched alkanes of at least 4 members (excludes halogenated alkanes) is 46. The lowest BCUT2D eigenvalue weighted by Crippen LogP contribution is -1.88. The monoisotopic (exact) mass is 851 g/mol. The summed E-state index contributed by atoms with van der Waals surface area (Å²) >= 11 is 0. The highest BCUT2D eigenvalue weighted by atomic mass is 16.1. The molecular formula is C60H114O. The summed E-state index contributed by atoms with van der Waals surface area (Å²) in [6, 6.07) is 0. The summed E-state index contributed by atoms with van der Waals surface area (Å²) in [5.41, 5.74) is 1.06. The molecule has 1 heteroatoms. The maximum absolute atomic E-state index is 11.6. The van der Waals surface area contributed by atoms with Crippen molar-refractivity contribution in [3.63, 3.8) is 0 Å². The van der Waals surface area contributed by atoms with Crippen molar-refractivity contribution in [1.29, 1.82) is 0 Å². The van der Waals surface area contributed by atoms with Crippen molar-refractivity contribution in [2.45, 2.75) is 341 Å². The van der Waals surface area contributed by atoms with E-state index in [2.05, 4.69) is 44.2 Å². The van der Waals surface area contributed by atoms with Gasteiger partial charge in [-0.1, -0.05) is 295 Å². The van der Waals surface area contributed by atoms with E-state index in [1.807, 2.05) is 0 Å². The van der Waals surface area contributed by atoms with Gasteiger partial charge in [0.25, 0.3) is 0 Å². The molecule has 0 aliphatic heterocycles. The Morgan fingerprint density at radius 1 is 0.246 bits per heavy atom. The molecule has 0 unspecified atom stereocenters. The molecule has 0 bridgehead atoms. The minimum absolute atomic E-state index is 0.998. The van der Waals surface area contributed by atoms with E-state index in [-0.39, 0.29) is 0 Å². The molecule has 0 aromatic carbocycles. The summed E-state index contributed by atoms with van der Waals surface area (Å²) in [5, 5.41) is 0. The van der Waals surface area contributed by atoms with Crippen LogP contribution in [0.15, 0.2) is 36.0 Å². The average Bonchev–Trinajstić information content (AvgIpc) is 3.27. The molecule has 360 valence electrons. The predicted octanol–water partition coefficient (Wildman–Crippen LogP) is 22.2. The molecule has 0 saturated carbocycles. The smallest absolute Gasteiger partial charge is 0.145 e. The number of hydrogen-bond donors (Lipinski definition) is 0. The molecule has 1 nitrogen and oxygen atoms in total. The molecule has 0 aromatic rings. The van der Waals surface area contributed by atoms with Crippen LogP contribution in [0.4, 0.5) is 0 Å². The van der Waals surface area contributed by atoms with Gasteiger partial charge >= 0.3 is 0 Å². The van der Waals surface area contributed by atoms with E-state index in [9.17, 15) is 4.79 Å². The number of rotatable bonds is 54. The van der Waals surface area contributed by atoms with Crippen LogP contribution >= 0.6 is 0 Å². The van der Waals surface area contributed by atoms with E-state index in [0.717, 1.165) is 24.7 Å². The normalized spacial score (nSPS) is 12.2. The van der Waals surface area contributed by atoms with Gasteiger partial charge in [-0.2, -0.15) is 0 Å². The number of carbonyl (C=O) groups is 1. The van der Waals surface area contributed by atoms with Crippen LogP contribution < -0.4 is 0 Å². The maximum atomic E-state index is 11.6. The fourth-order valence-corrected chi connectivity index (χ4v) is 9.18. The van der Waals surface area contributed by atoms with Gasteiger partial charge in [-0.15, -0.1) is 0 Å². The molecule has 0 amide bonds. The second-order valence-electron chi connectivity index (χ2n) is 19.7. The van der Waals surface area contributed by atoms with Crippen LogP contribution in [0.3, 0.4) is 0 Å². The minimum Gasteiger partial charge on any atom is -0.298 e. The largest absolute Gasteiger partial charge is 0.298 e. The highest BCUT2D eigenvalue weighted by molar-refractivity contribution is 5.72. The van der Waals surface area contributed by atoms with Crippen LogP contribution in [-0.2, 0) is 4.79 Å². The standard InChI is InChI=1S/C60H114O/c1-3-5-7-9-11-13-15-17-19-21-23-25-27-29-31-32-34-36-38-40-42-44-46-48-50-52-54-56-58-60(59-61)57-55-53-51-49-47-45-43-41-39-37-35-33-30-28-26-24-22-20-18-16-14-12-10-8-6-4-2/h17-20,58-59H,3-16,21-57H2,1-2H3/b19-17-,20-18-,60-58+.